The molecule has 0 aliphatic carbocycles. The molecule has 0 bridgehead atoms. The predicted molar refractivity (Wildman–Crippen MR) is 73.8 cm³/mol. The van der Waals surface area contributed by atoms with Crippen LogP contribution in [0.25, 0.3) is 0 Å². The first kappa shape index (κ1) is 14.3. The Morgan fingerprint density at radius 2 is 1.79 bits per heavy atom. The van der Waals surface area contributed by atoms with Crippen LogP contribution in [0.2, 0.25) is 0 Å². The van der Waals surface area contributed by atoms with Crippen molar-refractivity contribution < 1.29 is 14.0 Å². The van der Waals surface area contributed by atoms with Gasteiger partial charge in [-0.05, 0) is 33.3 Å². The third-order valence-corrected chi connectivity index (χ3v) is 3.92. The molecule has 2 rings (SSSR count). The van der Waals surface area contributed by atoms with Crippen LogP contribution in [0.4, 0.5) is 0 Å². The molecule has 6 heteroatoms. The van der Waals surface area contributed by atoms with E-state index in [4.69, 9.17) is 19.8 Å². The highest BCUT2D eigenvalue weighted by molar-refractivity contribution is 6.47. The summed E-state index contributed by atoms with van der Waals surface area (Å²) in [6, 6.07) is 3.65. The molecule has 1 atom stereocenters. The predicted octanol–water partition coefficient (Wildman–Crippen LogP) is 1.72. The van der Waals surface area contributed by atoms with Gasteiger partial charge in [0.05, 0.1) is 24.3 Å². The van der Waals surface area contributed by atoms with Gasteiger partial charge in [-0.15, -0.1) is 0 Å². The van der Waals surface area contributed by atoms with Gasteiger partial charge in [-0.1, -0.05) is 6.07 Å². The highest BCUT2D eigenvalue weighted by Gasteiger charge is 2.53. The van der Waals surface area contributed by atoms with Crippen molar-refractivity contribution in [3.05, 3.63) is 23.9 Å². The summed E-state index contributed by atoms with van der Waals surface area (Å²) in [6.45, 7) is 8.02. The SMILES string of the molecule is COc1ccc([C@@H](N)B2OC(C)(C)C(C)(C)O2)cn1. The summed E-state index contributed by atoms with van der Waals surface area (Å²) in [6.07, 6.45) is 1.69. The standard InChI is InChI=1S/C13H21BN2O3/c1-12(2)13(3,4)19-14(18-12)11(15)9-6-7-10(17-5)16-8-9/h6-8,11H,15H2,1-5H3/t11-/m1/s1. The Morgan fingerprint density at radius 3 is 2.21 bits per heavy atom. The van der Waals surface area contributed by atoms with E-state index in [2.05, 4.69) is 4.98 Å². The van der Waals surface area contributed by atoms with E-state index in [1.54, 1.807) is 19.4 Å². The summed E-state index contributed by atoms with van der Waals surface area (Å²) in [7, 11) is 1.11. The Labute approximate surface area is 114 Å². The molecule has 0 radical (unpaired) electrons. The summed E-state index contributed by atoms with van der Waals surface area (Å²) >= 11 is 0. The smallest absolute Gasteiger partial charge is 0.480 e. The van der Waals surface area contributed by atoms with E-state index in [9.17, 15) is 0 Å². The number of nitrogens with two attached hydrogens (primary N) is 1. The normalized spacial score (nSPS) is 22.3. The van der Waals surface area contributed by atoms with E-state index in [-0.39, 0.29) is 17.1 Å². The van der Waals surface area contributed by atoms with Gasteiger partial charge in [-0.25, -0.2) is 4.98 Å². The van der Waals surface area contributed by atoms with Gasteiger partial charge in [-0.3, -0.25) is 0 Å². The fourth-order valence-corrected chi connectivity index (χ4v) is 1.90. The summed E-state index contributed by atoms with van der Waals surface area (Å²) in [5, 5.41) is 0. The van der Waals surface area contributed by atoms with Gasteiger partial charge in [-0.2, -0.15) is 0 Å². The highest BCUT2D eigenvalue weighted by atomic mass is 16.7. The van der Waals surface area contributed by atoms with Crippen LogP contribution >= 0.6 is 0 Å². The lowest BCUT2D eigenvalue weighted by Gasteiger charge is -2.32. The van der Waals surface area contributed by atoms with Crippen LogP contribution in [0, 0.1) is 0 Å². The van der Waals surface area contributed by atoms with Gasteiger partial charge in [0.2, 0.25) is 5.88 Å². The van der Waals surface area contributed by atoms with Crippen LogP contribution < -0.4 is 10.5 Å². The van der Waals surface area contributed by atoms with Crippen molar-refractivity contribution in [2.75, 3.05) is 7.11 Å². The zero-order valence-electron chi connectivity index (χ0n) is 12.1. The zero-order chi connectivity index (χ0) is 14.3. The van der Waals surface area contributed by atoms with Gasteiger partial charge < -0.3 is 19.8 Å². The molecule has 1 aromatic rings. The lowest BCUT2D eigenvalue weighted by molar-refractivity contribution is 0.00578. The van der Waals surface area contributed by atoms with Gasteiger partial charge in [0, 0.05) is 12.3 Å². The van der Waals surface area contributed by atoms with Crippen molar-refractivity contribution >= 4 is 7.12 Å². The molecule has 1 fully saturated rings. The molecule has 0 saturated carbocycles. The number of pyridine rings is 1. The van der Waals surface area contributed by atoms with E-state index in [1.807, 2.05) is 33.8 Å². The van der Waals surface area contributed by atoms with Crippen molar-refractivity contribution in [1.29, 1.82) is 0 Å². The summed E-state index contributed by atoms with van der Waals surface area (Å²) in [5.74, 6) is 0.185. The topological polar surface area (TPSA) is 66.6 Å². The largest absolute Gasteiger partial charge is 0.481 e. The molecule has 0 aromatic carbocycles. The van der Waals surface area contributed by atoms with Crippen LogP contribution in [-0.2, 0) is 9.31 Å². The quantitative estimate of drug-likeness (QED) is 0.842. The molecule has 0 spiro atoms. The fraction of sp³-hybridized carbons (Fsp3) is 0.615. The summed E-state index contributed by atoms with van der Waals surface area (Å²) in [5.41, 5.74) is 6.30. The van der Waals surface area contributed by atoms with Gasteiger partial charge >= 0.3 is 7.12 Å². The first-order valence-corrected chi connectivity index (χ1v) is 6.38. The maximum atomic E-state index is 6.20. The minimum Gasteiger partial charge on any atom is -0.481 e. The van der Waals surface area contributed by atoms with Crippen LogP contribution in [0.1, 0.15) is 39.2 Å². The second kappa shape index (κ2) is 4.78. The lowest BCUT2D eigenvalue weighted by atomic mass is 9.75. The van der Waals surface area contributed by atoms with Crippen molar-refractivity contribution in [3.63, 3.8) is 0 Å². The van der Waals surface area contributed by atoms with E-state index in [0.717, 1.165) is 5.56 Å². The Balaban J connectivity index is 2.14. The molecule has 0 unspecified atom stereocenters. The average Bonchev–Trinajstić information content (AvgIpc) is 2.58. The summed E-state index contributed by atoms with van der Waals surface area (Å²) in [4.78, 5) is 4.15. The first-order chi connectivity index (χ1) is 8.77. The zero-order valence-corrected chi connectivity index (χ0v) is 12.1. The molecular formula is C13H21BN2O3. The number of nitrogens with zero attached hydrogens (tertiary/aromatic N) is 1. The third-order valence-electron chi connectivity index (χ3n) is 3.92. The Kier molecular flexibility index (Phi) is 3.60. The highest BCUT2D eigenvalue weighted by Crippen LogP contribution is 2.39. The molecule has 0 amide bonds. The molecule has 2 N–H and O–H groups in total. The number of ether oxygens (including phenoxy) is 1. The fourth-order valence-electron chi connectivity index (χ4n) is 1.90. The van der Waals surface area contributed by atoms with Gasteiger partial charge in [0.15, 0.2) is 0 Å². The van der Waals surface area contributed by atoms with Crippen LogP contribution in [0.3, 0.4) is 0 Å². The monoisotopic (exact) mass is 264 g/mol. The number of rotatable bonds is 3. The van der Waals surface area contributed by atoms with E-state index in [1.165, 1.54) is 0 Å². The molecule has 1 saturated heterocycles. The second-order valence-electron chi connectivity index (χ2n) is 5.78. The van der Waals surface area contributed by atoms with E-state index < -0.39 is 7.12 Å². The number of hydrogen-bond acceptors (Lipinski definition) is 5. The van der Waals surface area contributed by atoms with E-state index in [0.29, 0.717) is 5.88 Å². The molecule has 19 heavy (non-hydrogen) atoms. The Hall–Kier alpha value is -1.11. The molecule has 1 aliphatic heterocycles. The number of aromatic nitrogens is 1. The van der Waals surface area contributed by atoms with Crippen molar-refractivity contribution in [1.82, 2.24) is 4.98 Å². The molecule has 1 aromatic heterocycles. The molecule has 2 heterocycles. The maximum absolute atomic E-state index is 6.20. The Bertz CT molecular complexity index is 432. The van der Waals surface area contributed by atoms with Crippen molar-refractivity contribution in [2.45, 2.75) is 44.8 Å². The molecule has 1 aliphatic rings. The maximum Gasteiger partial charge on any atom is 0.480 e. The van der Waals surface area contributed by atoms with Crippen LogP contribution in [-0.4, -0.2) is 30.4 Å². The molecular weight excluding hydrogens is 243 g/mol. The van der Waals surface area contributed by atoms with Gasteiger partial charge in [0.25, 0.3) is 0 Å². The first-order valence-electron chi connectivity index (χ1n) is 6.38. The third kappa shape index (κ3) is 2.61. The van der Waals surface area contributed by atoms with Crippen LogP contribution in [0.15, 0.2) is 18.3 Å². The minimum absolute atomic E-state index is 0.376. The number of methoxy groups -OCH3 is 1. The van der Waals surface area contributed by atoms with Crippen LogP contribution in [0.5, 0.6) is 5.88 Å². The lowest BCUT2D eigenvalue weighted by Crippen LogP contribution is -2.41. The average molecular weight is 264 g/mol. The minimum atomic E-state index is -0.472. The second-order valence-corrected chi connectivity index (χ2v) is 5.78. The molecule has 104 valence electrons. The number of hydrogen-bond donors (Lipinski definition) is 1. The van der Waals surface area contributed by atoms with E-state index >= 15 is 0 Å². The van der Waals surface area contributed by atoms with Gasteiger partial charge in [0.1, 0.15) is 0 Å². The Morgan fingerprint density at radius 1 is 1.21 bits per heavy atom. The summed E-state index contributed by atoms with van der Waals surface area (Å²) < 4.78 is 16.9. The van der Waals surface area contributed by atoms with Crippen molar-refractivity contribution in [3.8, 4) is 5.88 Å². The molecule has 5 nitrogen and oxygen atoms in total. The van der Waals surface area contributed by atoms with Crippen molar-refractivity contribution in [2.24, 2.45) is 5.73 Å².